The number of thioether (sulfide) groups is 1. The predicted molar refractivity (Wildman–Crippen MR) is 251 cm³/mol. The summed E-state index contributed by atoms with van der Waals surface area (Å²) in [7, 11) is -6.38. The number of aliphatic carboxylic acids is 1. The van der Waals surface area contributed by atoms with Crippen LogP contribution in [0, 0.1) is 12.8 Å². The third-order valence-electron chi connectivity index (χ3n) is 12.4. The van der Waals surface area contributed by atoms with Crippen LogP contribution in [0.25, 0.3) is 6.08 Å². The molecule has 0 aliphatic rings. The van der Waals surface area contributed by atoms with Crippen molar-refractivity contribution in [1.82, 2.24) is 4.98 Å². The van der Waals surface area contributed by atoms with E-state index in [4.69, 9.17) is 18.3 Å². The average Bonchev–Trinajstić information content (AvgIpc) is 3.39. The molecule has 0 aliphatic carbocycles. The summed E-state index contributed by atoms with van der Waals surface area (Å²) in [4.78, 5) is 16.9. The van der Waals surface area contributed by atoms with Crippen LogP contribution in [-0.2, 0) is 18.1 Å². The largest absolute Gasteiger partial charge is 0.481 e. The van der Waals surface area contributed by atoms with Crippen molar-refractivity contribution < 1.29 is 23.2 Å². The molecule has 0 aromatic carbocycles. The van der Waals surface area contributed by atoms with Crippen LogP contribution < -0.4 is 0 Å². The van der Waals surface area contributed by atoms with Crippen LogP contribution in [0.15, 0.2) is 34.8 Å². The lowest BCUT2D eigenvalue weighted by atomic mass is 10.00. The lowest BCUT2D eigenvalue weighted by molar-refractivity contribution is -0.139. The van der Waals surface area contributed by atoms with E-state index in [1.54, 1.807) is 11.3 Å². The molecule has 11 heteroatoms. The molecule has 0 radical (unpaired) electrons. The van der Waals surface area contributed by atoms with E-state index < -0.39 is 41.8 Å². The van der Waals surface area contributed by atoms with E-state index >= 15 is 0 Å². The molecule has 1 aromatic heterocycles. The number of carbonyl (C=O) groups is 1. The lowest BCUT2D eigenvalue weighted by Crippen LogP contribution is -2.52. The molecule has 1 N–H and O–H groups in total. The third kappa shape index (κ3) is 16.4. The highest BCUT2D eigenvalue weighted by molar-refractivity contribution is 8.01. The van der Waals surface area contributed by atoms with Crippen LogP contribution in [0.1, 0.15) is 134 Å². The zero-order chi connectivity index (χ0) is 43.2. The van der Waals surface area contributed by atoms with Crippen molar-refractivity contribution in [2.75, 3.05) is 0 Å². The van der Waals surface area contributed by atoms with Crippen LogP contribution in [0.2, 0.25) is 54.4 Å². The van der Waals surface area contributed by atoms with Crippen molar-refractivity contribution in [3.63, 3.8) is 0 Å². The Morgan fingerprint density at radius 3 is 1.80 bits per heavy atom. The Labute approximate surface area is 350 Å². The summed E-state index contributed by atoms with van der Waals surface area (Å²) < 4.78 is 20.7. The summed E-state index contributed by atoms with van der Waals surface area (Å²) in [6, 6.07) is 0. The highest BCUT2D eigenvalue weighted by Crippen LogP contribution is 2.46. The van der Waals surface area contributed by atoms with Gasteiger partial charge in [0.05, 0.1) is 35.4 Å². The maximum absolute atomic E-state index is 12.2. The molecule has 0 spiro atoms. The van der Waals surface area contributed by atoms with Crippen molar-refractivity contribution >= 4 is 60.1 Å². The first-order valence-corrected chi connectivity index (χ1v) is 30.9. The molecule has 0 fully saturated rings. The molecule has 6 nitrogen and oxygen atoms in total. The van der Waals surface area contributed by atoms with Crippen molar-refractivity contribution in [3.05, 3.63) is 45.5 Å². The highest BCUT2D eigenvalue weighted by Gasteiger charge is 2.46. The summed E-state index contributed by atoms with van der Waals surface area (Å²) in [5.74, 6) is -0.668. The van der Waals surface area contributed by atoms with Crippen LogP contribution in [0.5, 0.6) is 0 Å². The van der Waals surface area contributed by atoms with E-state index in [1.807, 2.05) is 18.7 Å². The molecule has 318 valence electrons. The fourth-order valence-electron chi connectivity index (χ4n) is 5.49. The van der Waals surface area contributed by atoms with E-state index in [1.165, 1.54) is 11.1 Å². The molecule has 55 heavy (non-hydrogen) atoms. The molecule has 0 saturated heterocycles. The van der Waals surface area contributed by atoms with Gasteiger partial charge in [0, 0.05) is 21.3 Å². The zero-order valence-corrected chi connectivity index (χ0v) is 43.9. The molecule has 0 aliphatic heterocycles. The molecule has 0 saturated carbocycles. The zero-order valence-electron chi connectivity index (χ0n) is 39.2. The number of rotatable bonds is 20. The SMILES string of the molecule is CC(=CC[C@H](O[Si](C)(C)C(C)(C)C)C(C)=Cc1csc(C)n1)CC=C[C@H](C)[C@H](O[Si](C)(C)C(C)(C)C)[C@@H](C)SC(C)(C)[C@H](CC(=O)O)O[Si](C)(C)C(C)(C)C. The number of carboxylic acid groups (broad SMARTS) is 1. The van der Waals surface area contributed by atoms with Gasteiger partial charge in [-0.05, 0) is 114 Å². The molecule has 0 bridgehead atoms. The van der Waals surface area contributed by atoms with Gasteiger partial charge in [0.1, 0.15) is 0 Å². The Morgan fingerprint density at radius 2 is 1.35 bits per heavy atom. The maximum Gasteiger partial charge on any atom is 0.305 e. The molecular weight excluding hydrogens is 771 g/mol. The van der Waals surface area contributed by atoms with Crippen molar-refractivity contribution in [3.8, 4) is 0 Å². The smallest absolute Gasteiger partial charge is 0.305 e. The molecular formula is C44H83NO5S2Si3. The van der Waals surface area contributed by atoms with Gasteiger partial charge in [0.2, 0.25) is 0 Å². The molecule has 1 heterocycles. The number of carboxylic acids is 1. The van der Waals surface area contributed by atoms with Gasteiger partial charge in [0.15, 0.2) is 25.0 Å². The average molecular weight is 855 g/mol. The second kappa shape index (κ2) is 20.0. The molecule has 0 amide bonds. The van der Waals surface area contributed by atoms with Crippen molar-refractivity contribution in [2.24, 2.45) is 5.92 Å². The summed E-state index contributed by atoms with van der Waals surface area (Å²) in [6.07, 6.45) is 10.4. The Hall–Kier alpha value is -0.799. The minimum absolute atomic E-state index is 0.00470. The summed E-state index contributed by atoms with van der Waals surface area (Å²) in [5, 5.41) is 13.4. The fourth-order valence-corrected chi connectivity index (χ4v) is 12.2. The first-order chi connectivity index (χ1) is 24.5. The standard InChI is InChI=1S/C44H83NO5S2Si3/c1-31(26-27-37(48-53(17,18)41(6,7)8)33(3)28-36-30-51-35(5)45-36)24-23-25-32(2)40(50-55(21,22)43(12,13)14)34(4)52-44(15,16)38(29-39(46)47)49-54(19,20)42(9,10)11/h23,25-26,28,30,32,34,37-38,40H,24,27,29H2,1-22H3,(H,46,47)/t32-,34+,37-,38-,40-/m0/s1. The van der Waals surface area contributed by atoms with E-state index in [0.29, 0.717) is 0 Å². The van der Waals surface area contributed by atoms with E-state index in [0.717, 1.165) is 23.5 Å². The molecule has 1 rings (SSSR count). The van der Waals surface area contributed by atoms with Gasteiger partial charge in [-0.15, -0.1) is 23.1 Å². The number of aromatic nitrogens is 1. The molecule has 5 atom stereocenters. The summed E-state index contributed by atoms with van der Waals surface area (Å²) in [5.41, 5.74) is 3.53. The number of allylic oxidation sites excluding steroid dienone is 2. The number of hydrogen-bond donors (Lipinski definition) is 1. The van der Waals surface area contributed by atoms with Gasteiger partial charge in [-0.1, -0.05) is 100.0 Å². The van der Waals surface area contributed by atoms with Crippen LogP contribution >= 0.6 is 23.1 Å². The Morgan fingerprint density at radius 1 is 0.855 bits per heavy atom. The molecule has 1 aromatic rings. The minimum Gasteiger partial charge on any atom is -0.481 e. The first-order valence-electron chi connectivity index (χ1n) is 20.4. The minimum atomic E-state index is -2.22. The third-order valence-corrected chi connectivity index (χ3v) is 28.2. The van der Waals surface area contributed by atoms with Crippen LogP contribution in [-0.4, -0.2) is 69.3 Å². The Balaban J connectivity index is 3.39. The van der Waals surface area contributed by atoms with Crippen molar-refractivity contribution in [2.45, 2.75) is 213 Å². The predicted octanol–water partition coefficient (Wildman–Crippen LogP) is 14.3. The quantitative estimate of drug-likeness (QED) is 0.103. The number of hydrogen-bond acceptors (Lipinski definition) is 7. The fraction of sp³-hybridized carbons (Fsp3) is 0.773. The highest BCUT2D eigenvalue weighted by atomic mass is 32.2. The van der Waals surface area contributed by atoms with E-state index in [2.05, 4.69) is 173 Å². The number of thiazole rings is 1. The monoisotopic (exact) mass is 854 g/mol. The second-order valence-electron chi connectivity index (χ2n) is 21.1. The van der Waals surface area contributed by atoms with Gasteiger partial charge < -0.3 is 18.4 Å². The van der Waals surface area contributed by atoms with Gasteiger partial charge >= 0.3 is 5.97 Å². The normalized spacial score (nSPS) is 17.7. The summed E-state index contributed by atoms with van der Waals surface area (Å²) in [6.45, 7) is 49.4. The van der Waals surface area contributed by atoms with Gasteiger partial charge in [0.25, 0.3) is 0 Å². The Kier molecular flexibility index (Phi) is 19.0. The number of aryl methyl sites for hydroxylation is 1. The topological polar surface area (TPSA) is 77.9 Å². The van der Waals surface area contributed by atoms with Gasteiger partial charge in [-0.25, -0.2) is 4.98 Å². The van der Waals surface area contributed by atoms with Crippen LogP contribution in [0.4, 0.5) is 0 Å². The van der Waals surface area contributed by atoms with Crippen LogP contribution in [0.3, 0.4) is 0 Å². The van der Waals surface area contributed by atoms with E-state index in [-0.39, 0.29) is 44.9 Å². The molecule has 0 unspecified atom stereocenters. The van der Waals surface area contributed by atoms with Gasteiger partial charge in [-0.3, -0.25) is 4.79 Å². The number of nitrogens with zero attached hydrogens (tertiary/aromatic N) is 1. The lowest BCUT2D eigenvalue weighted by Gasteiger charge is -2.46. The van der Waals surface area contributed by atoms with E-state index in [9.17, 15) is 9.90 Å². The second-order valence-corrected chi connectivity index (χ2v) is 38.4. The first kappa shape index (κ1) is 52.2. The summed E-state index contributed by atoms with van der Waals surface area (Å²) >= 11 is 3.50. The maximum atomic E-state index is 12.2. The Bertz CT molecular complexity index is 1470. The van der Waals surface area contributed by atoms with Crippen molar-refractivity contribution in [1.29, 1.82) is 0 Å². The van der Waals surface area contributed by atoms with Gasteiger partial charge in [-0.2, -0.15) is 0 Å².